The second kappa shape index (κ2) is 5.90. The van der Waals surface area contributed by atoms with Crippen LogP contribution in [0.2, 0.25) is 5.02 Å². The zero-order valence-corrected chi connectivity index (χ0v) is 12.3. The zero-order valence-electron chi connectivity index (χ0n) is 11.5. The number of hydrogen-bond acceptors (Lipinski definition) is 4. The van der Waals surface area contributed by atoms with Gasteiger partial charge in [-0.05, 0) is 18.2 Å². The highest BCUT2D eigenvalue weighted by atomic mass is 35.5. The number of hydrogen-bond donors (Lipinski definition) is 1. The van der Waals surface area contributed by atoms with E-state index in [2.05, 4.69) is 4.98 Å². The number of aromatic nitrogens is 1. The van der Waals surface area contributed by atoms with Gasteiger partial charge in [0.25, 0.3) is 5.91 Å². The standard InChI is InChI=1S/C15H13ClN2O4/c16-10-3-1-9-2-4-11(17-12(9)7-10)14(19)18-5-6-22-13(8-18)15(20)21/h1-4,7,13H,5-6,8H2,(H,20,21). The summed E-state index contributed by atoms with van der Waals surface area (Å²) >= 11 is 5.94. The number of rotatable bonds is 2. The fourth-order valence-electron chi connectivity index (χ4n) is 2.35. The van der Waals surface area contributed by atoms with E-state index in [-0.39, 0.29) is 24.8 Å². The molecule has 22 heavy (non-hydrogen) atoms. The second-order valence-electron chi connectivity index (χ2n) is 4.98. The molecule has 1 amide bonds. The Bertz CT molecular complexity index is 749. The maximum atomic E-state index is 12.5. The number of carboxylic acids is 1. The highest BCUT2D eigenvalue weighted by Gasteiger charge is 2.29. The van der Waals surface area contributed by atoms with Gasteiger partial charge in [0, 0.05) is 17.0 Å². The molecule has 0 radical (unpaired) electrons. The van der Waals surface area contributed by atoms with Crippen LogP contribution in [0.4, 0.5) is 0 Å². The number of morpholine rings is 1. The Kier molecular flexibility index (Phi) is 3.96. The molecule has 1 aromatic heterocycles. The predicted octanol–water partition coefficient (Wildman–Crippen LogP) is 1.81. The van der Waals surface area contributed by atoms with Crippen LogP contribution in [0.25, 0.3) is 10.9 Å². The molecule has 0 spiro atoms. The van der Waals surface area contributed by atoms with Crippen molar-refractivity contribution in [3.8, 4) is 0 Å². The van der Waals surface area contributed by atoms with E-state index in [9.17, 15) is 9.59 Å². The molecule has 0 saturated carbocycles. The van der Waals surface area contributed by atoms with Crippen LogP contribution in [0.3, 0.4) is 0 Å². The normalized spacial score (nSPS) is 18.4. The molecule has 1 unspecified atom stereocenters. The van der Waals surface area contributed by atoms with E-state index >= 15 is 0 Å². The Hall–Kier alpha value is -2.18. The first-order valence-electron chi connectivity index (χ1n) is 6.74. The molecule has 1 aliphatic rings. The number of nitrogens with zero attached hydrogens (tertiary/aromatic N) is 2. The Balaban J connectivity index is 1.86. The summed E-state index contributed by atoms with van der Waals surface area (Å²) in [4.78, 5) is 29.2. The number of pyridine rings is 1. The lowest BCUT2D eigenvalue weighted by Crippen LogP contribution is -2.48. The van der Waals surface area contributed by atoms with Crippen LogP contribution in [0.5, 0.6) is 0 Å². The topological polar surface area (TPSA) is 79.7 Å². The molecular weight excluding hydrogens is 308 g/mol. The van der Waals surface area contributed by atoms with Crippen molar-refractivity contribution in [3.63, 3.8) is 0 Å². The summed E-state index contributed by atoms with van der Waals surface area (Å²) in [6, 6.07) is 8.69. The van der Waals surface area contributed by atoms with Gasteiger partial charge in [-0.25, -0.2) is 9.78 Å². The minimum Gasteiger partial charge on any atom is -0.479 e. The number of benzene rings is 1. The van der Waals surface area contributed by atoms with Crippen LogP contribution < -0.4 is 0 Å². The van der Waals surface area contributed by atoms with Gasteiger partial charge < -0.3 is 14.7 Å². The van der Waals surface area contributed by atoms with Crippen molar-refractivity contribution in [2.45, 2.75) is 6.10 Å². The van der Waals surface area contributed by atoms with E-state index in [0.717, 1.165) is 5.39 Å². The van der Waals surface area contributed by atoms with Crippen LogP contribution in [-0.4, -0.2) is 52.7 Å². The van der Waals surface area contributed by atoms with E-state index in [1.807, 2.05) is 6.07 Å². The van der Waals surface area contributed by atoms with E-state index in [0.29, 0.717) is 17.1 Å². The quantitative estimate of drug-likeness (QED) is 0.913. The molecule has 1 fully saturated rings. The van der Waals surface area contributed by atoms with Gasteiger partial charge in [0.05, 0.1) is 18.7 Å². The lowest BCUT2D eigenvalue weighted by molar-refractivity contribution is -0.154. The van der Waals surface area contributed by atoms with Crippen molar-refractivity contribution in [3.05, 3.63) is 41.0 Å². The minimum atomic E-state index is -1.07. The molecule has 7 heteroatoms. The summed E-state index contributed by atoms with van der Waals surface area (Å²) in [7, 11) is 0. The van der Waals surface area contributed by atoms with Gasteiger partial charge in [0.15, 0.2) is 6.10 Å². The van der Waals surface area contributed by atoms with Gasteiger partial charge in [-0.1, -0.05) is 23.7 Å². The van der Waals surface area contributed by atoms with E-state index in [1.165, 1.54) is 4.90 Å². The first kappa shape index (κ1) is 14.7. The van der Waals surface area contributed by atoms with Crippen LogP contribution in [0.15, 0.2) is 30.3 Å². The first-order chi connectivity index (χ1) is 10.5. The summed E-state index contributed by atoms with van der Waals surface area (Å²) in [5, 5.41) is 10.4. The summed E-state index contributed by atoms with van der Waals surface area (Å²) in [5.41, 5.74) is 0.891. The number of amides is 1. The van der Waals surface area contributed by atoms with Gasteiger partial charge in [0.2, 0.25) is 0 Å². The van der Waals surface area contributed by atoms with Crippen molar-refractivity contribution in [1.29, 1.82) is 0 Å². The molecule has 1 aliphatic heterocycles. The largest absolute Gasteiger partial charge is 0.479 e. The predicted molar refractivity (Wildman–Crippen MR) is 80.0 cm³/mol. The van der Waals surface area contributed by atoms with Crippen LogP contribution in [0.1, 0.15) is 10.5 Å². The molecule has 1 saturated heterocycles. The van der Waals surface area contributed by atoms with Gasteiger partial charge in [0.1, 0.15) is 5.69 Å². The fourth-order valence-corrected chi connectivity index (χ4v) is 2.52. The molecule has 3 rings (SSSR count). The molecule has 2 aromatic rings. The third-order valence-corrected chi connectivity index (χ3v) is 3.74. The van der Waals surface area contributed by atoms with Crippen molar-refractivity contribution < 1.29 is 19.4 Å². The molecule has 1 N–H and O–H groups in total. The van der Waals surface area contributed by atoms with Crippen LogP contribution in [0, 0.1) is 0 Å². The molecule has 0 bridgehead atoms. The van der Waals surface area contributed by atoms with Crippen LogP contribution >= 0.6 is 11.6 Å². The lowest BCUT2D eigenvalue weighted by atomic mass is 10.2. The highest BCUT2D eigenvalue weighted by Crippen LogP contribution is 2.19. The third kappa shape index (κ3) is 2.88. The van der Waals surface area contributed by atoms with Gasteiger partial charge in [-0.2, -0.15) is 0 Å². The molecule has 1 aromatic carbocycles. The Morgan fingerprint density at radius 1 is 1.32 bits per heavy atom. The monoisotopic (exact) mass is 320 g/mol. The van der Waals surface area contributed by atoms with Gasteiger partial charge >= 0.3 is 5.97 Å². The van der Waals surface area contributed by atoms with Crippen LogP contribution in [-0.2, 0) is 9.53 Å². The van der Waals surface area contributed by atoms with Crippen molar-refractivity contribution in [2.24, 2.45) is 0 Å². The fraction of sp³-hybridized carbons (Fsp3) is 0.267. The SMILES string of the molecule is O=C(O)C1CN(C(=O)c2ccc3ccc(Cl)cc3n2)CCO1. The molecule has 1 atom stereocenters. The van der Waals surface area contributed by atoms with Gasteiger partial charge in [-0.3, -0.25) is 4.79 Å². The third-order valence-electron chi connectivity index (χ3n) is 3.50. The lowest BCUT2D eigenvalue weighted by Gasteiger charge is -2.30. The number of ether oxygens (including phenoxy) is 1. The first-order valence-corrected chi connectivity index (χ1v) is 7.12. The van der Waals surface area contributed by atoms with Crippen molar-refractivity contribution >= 4 is 34.4 Å². The number of fused-ring (bicyclic) bond motifs is 1. The second-order valence-corrected chi connectivity index (χ2v) is 5.42. The molecule has 2 heterocycles. The average molecular weight is 321 g/mol. The molecule has 6 nitrogen and oxygen atoms in total. The maximum absolute atomic E-state index is 12.5. The molecule has 0 aliphatic carbocycles. The van der Waals surface area contributed by atoms with Gasteiger partial charge in [-0.15, -0.1) is 0 Å². The summed E-state index contributed by atoms with van der Waals surface area (Å²) in [5.74, 6) is -1.38. The number of halogens is 1. The number of aliphatic carboxylic acids is 1. The average Bonchev–Trinajstić information content (AvgIpc) is 2.53. The summed E-state index contributed by atoms with van der Waals surface area (Å²) in [6.07, 6.45) is -0.993. The number of carbonyl (C=O) groups excluding carboxylic acids is 1. The highest BCUT2D eigenvalue weighted by molar-refractivity contribution is 6.31. The minimum absolute atomic E-state index is 0.0173. The van der Waals surface area contributed by atoms with Crippen molar-refractivity contribution in [2.75, 3.05) is 19.7 Å². The molecule has 114 valence electrons. The van der Waals surface area contributed by atoms with Crippen molar-refractivity contribution in [1.82, 2.24) is 9.88 Å². The summed E-state index contributed by atoms with van der Waals surface area (Å²) in [6.45, 7) is 0.559. The van der Waals surface area contributed by atoms with E-state index in [1.54, 1.807) is 24.3 Å². The van der Waals surface area contributed by atoms with E-state index < -0.39 is 12.1 Å². The zero-order chi connectivity index (χ0) is 15.7. The number of carboxylic acid groups (broad SMARTS) is 1. The Morgan fingerprint density at radius 2 is 2.09 bits per heavy atom. The maximum Gasteiger partial charge on any atom is 0.334 e. The smallest absolute Gasteiger partial charge is 0.334 e. The Labute approximate surface area is 131 Å². The Morgan fingerprint density at radius 3 is 2.86 bits per heavy atom. The molecular formula is C15H13ClN2O4. The summed E-state index contributed by atoms with van der Waals surface area (Å²) < 4.78 is 5.11. The number of carbonyl (C=O) groups is 2. The van der Waals surface area contributed by atoms with E-state index in [4.69, 9.17) is 21.4 Å².